The first-order chi connectivity index (χ1) is 11.5. The molecule has 3 heteroatoms. The SMILES string of the molecule is Cc1ccc(OC(=O)CCCOc2ccc(C(C)C)c(C)c2)cc1. The van der Waals surface area contributed by atoms with Gasteiger partial charge in [-0.15, -0.1) is 0 Å². The van der Waals surface area contributed by atoms with Crippen LogP contribution in [0.5, 0.6) is 11.5 Å². The predicted octanol–water partition coefficient (Wildman–Crippen LogP) is 5.19. The van der Waals surface area contributed by atoms with E-state index in [4.69, 9.17) is 9.47 Å². The topological polar surface area (TPSA) is 35.5 Å². The number of rotatable bonds is 7. The molecule has 0 amide bonds. The lowest BCUT2D eigenvalue weighted by molar-refractivity contribution is -0.134. The molecule has 0 aliphatic carbocycles. The zero-order valence-corrected chi connectivity index (χ0v) is 15.0. The molecule has 0 atom stereocenters. The molecule has 24 heavy (non-hydrogen) atoms. The number of aryl methyl sites for hydroxylation is 2. The van der Waals surface area contributed by atoms with Gasteiger partial charge in [-0.3, -0.25) is 4.79 Å². The number of hydrogen-bond acceptors (Lipinski definition) is 3. The van der Waals surface area contributed by atoms with Crippen molar-refractivity contribution in [2.75, 3.05) is 6.61 Å². The van der Waals surface area contributed by atoms with Crippen molar-refractivity contribution < 1.29 is 14.3 Å². The van der Waals surface area contributed by atoms with Gasteiger partial charge in [-0.1, -0.05) is 37.6 Å². The van der Waals surface area contributed by atoms with Crippen LogP contribution >= 0.6 is 0 Å². The summed E-state index contributed by atoms with van der Waals surface area (Å²) in [7, 11) is 0. The predicted molar refractivity (Wildman–Crippen MR) is 96.8 cm³/mol. The Morgan fingerprint density at radius 3 is 2.29 bits per heavy atom. The molecule has 0 aliphatic rings. The first-order valence-electron chi connectivity index (χ1n) is 8.46. The fourth-order valence-electron chi connectivity index (χ4n) is 2.58. The van der Waals surface area contributed by atoms with Crippen LogP contribution in [0.25, 0.3) is 0 Å². The van der Waals surface area contributed by atoms with Gasteiger partial charge in [0.25, 0.3) is 0 Å². The Morgan fingerprint density at radius 1 is 1.00 bits per heavy atom. The number of ether oxygens (including phenoxy) is 2. The van der Waals surface area contributed by atoms with Crippen LogP contribution in [-0.4, -0.2) is 12.6 Å². The normalized spacial score (nSPS) is 10.7. The molecule has 0 aliphatic heterocycles. The molecule has 0 saturated carbocycles. The van der Waals surface area contributed by atoms with Gasteiger partial charge in [-0.05, 0) is 61.6 Å². The highest BCUT2D eigenvalue weighted by atomic mass is 16.5. The summed E-state index contributed by atoms with van der Waals surface area (Å²) in [5.74, 6) is 1.72. The molecule has 0 N–H and O–H groups in total. The molecule has 2 aromatic rings. The zero-order chi connectivity index (χ0) is 17.5. The number of hydrogen-bond donors (Lipinski definition) is 0. The van der Waals surface area contributed by atoms with E-state index in [1.807, 2.05) is 37.3 Å². The molecule has 0 fully saturated rings. The lowest BCUT2D eigenvalue weighted by Gasteiger charge is -2.12. The molecule has 0 heterocycles. The summed E-state index contributed by atoms with van der Waals surface area (Å²) in [5.41, 5.74) is 3.72. The van der Waals surface area contributed by atoms with Crippen LogP contribution in [0.2, 0.25) is 0 Å². The smallest absolute Gasteiger partial charge is 0.311 e. The van der Waals surface area contributed by atoms with Crippen molar-refractivity contribution >= 4 is 5.97 Å². The fourth-order valence-corrected chi connectivity index (χ4v) is 2.58. The second kappa shape index (κ2) is 8.53. The van der Waals surface area contributed by atoms with Crippen molar-refractivity contribution in [3.8, 4) is 11.5 Å². The van der Waals surface area contributed by atoms with E-state index in [-0.39, 0.29) is 5.97 Å². The zero-order valence-electron chi connectivity index (χ0n) is 15.0. The van der Waals surface area contributed by atoms with Crippen LogP contribution in [0.4, 0.5) is 0 Å². The third-order valence-electron chi connectivity index (χ3n) is 3.91. The highest BCUT2D eigenvalue weighted by Crippen LogP contribution is 2.23. The van der Waals surface area contributed by atoms with E-state index in [2.05, 4.69) is 32.9 Å². The number of benzene rings is 2. The fraction of sp³-hybridized carbons (Fsp3) is 0.381. The molecule has 2 aromatic carbocycles. The molecular formula is C21H26O3. The lowest BCUT2D eigenvalue weighted by Crippen LogP contribution is -2.10. The Hall–Kier alpha value is -2.29. The van der Waals surface area contributed by atoms with E-state index in [9.17, 15) is 4.79 Å². The van der Waals surface area contributed by atoms with Crippen molar-refractivity contribution in [3.05, 3.63) is 59.2 Å². The first-order valence-corrected chi connectivity index (χ1v) is 8.46. The van der Waals surface area contributed by atoms with Gasteiger partial charge in [0, 0.05) is 6.42 Å². The average molecular weight is 326 g/mol. The van der Waals surface area contributed by atoms with Crippen LogP contribution in [0, 0.1) is 13.8 Å². The lowest BCUT2D eigenvalue weighted by atomic mass is 9.98. The van der Waals surface area contributed by atoms with Crippen molar-refractivity contribution in [2.45, 2.75) is 46.5 Å². The second-order valence-corrected chi connectivity index (χ2v) is 6.41. The van der Waals surface area contributed by atoms with E-state index < -0.39 is 0 Å². The van der Waals surface area contributed by atoms with Gasteiger partial charge in [-0.25, -0.2) is 0 Å². The van der Waals surface area contributed by atoms with E-state index in [0.717, 1.165) is 11.3 Å². The van der Waals surface area contributed by atoms with Crippen LogP contribution in [0.3, 0.4) is 0 Å². The van der Waals surface area contributed by atoms with Crippen molar-refractivity contribution in [1.82, 2.24) is 0 Å². The third-order valence-corrected chi connectivity index (χ3v) is 3.91. The van der Waals surface area contributed by atoms with E-state index in [1.165, 1.54) is 11.1 Å². The molecule has 3 nitrogen and oxygen atoms in total. The van der Waals surface area contributed by atoms with Crippen molar-refractivity contribution in [1.29, 1.82) is 0 Å². The molecule has 0 radical (unpaired) electrons. The summed E-state index contributed by atoms with van der Waals surface area (Å²) in [6, 6.07) is 13.6. The third kappa shape index (κ3) is 5.41. The van der Waals surface area contributed by atoms with Crippen LogP contribution in [-0.2, 0) is 4.79 Å². The number of carbonyl (C=O) groups is 1. The standard InChI is InChI=1S/C21H26O3/c1-15(2)20-12-11-19(14-17(20)4)23-13-5-6-21(22)24-18-9-7-16(3)8-10-18/h7-12,14-15H,5-6,13H2,1-4H3. The van der Waals surface area contributed by atoms with E-state index in [1.54, 1.807) is 0 Å². The van der Waals surface area contributed by atoms with E-state index >= 15 is 0 Å². The minimum absolute atomic E-state index is 0.228. The maximum atomic E-state index is 11.8. The summed E-state index contributed by atoms with van der Waals surface area (Å²) in [4.78, 5) is 11.8. The van der Waals surface area contributed by atoms with Gasteiger partial charge >= 0.3 is 5.97 Å². The molecule has 0 saturated heterocycles. The van der Waals surface area contributed by atoms with Crippen LogP contribution in [0.15, 0.2) is 42.5 Å². The van der Waals surface area contributed by atoms with Crippen LogP contribution < -0.4 is 9.47 Å². The Kier molecular flexibility index (Phi) is 6.42. The Morgan fingerprint density at radius 2 is 1.67 bits per heavy atom. The largest absolute Gasteiger partial charge is 0.494 e. The summed E-state index contributed by atoms with van der Waals surface area (Å²) in [6.45, 7) is 8.97. The maximum Gasteiger partial charge on any atom is 0.311 e. The molecule has 0 bridgehead atoms. The van der Waals surface area contributed by atoms with Gasteiger partial charge in [-0.2, -0.15) is 0 Å². The van der Waals surface area contributed by atoms with Gasteiger partial charge in [0.05, 0.1) is 6.61 Å². The highest BCUT2D eigenvalue weighted by molar-refractivity contribution is 5.72. The second-order valence-electron chi connectivity index (χ2n) is 6.41. The van der Waals surface area contributed by atoms with Gasteiger partial charge in [0.2, 0.25) is 0 Å². The molecular weight excluding hydrogens is 300 g/mol. The minimum Gasteiger partial charge on any atom is -0.494 e. The van der Waals surface area contributed by atoms with Crippen molar-refractivity contribution in [2.24, 2.45) is 0 Å². The molecule has 0 spiro atoms. The monoisotopic (exact) mass is 326 g/mol. The summed E-state index contributed by atoms with van der Waals surface area (Å²) in [6.07, 6.45) is 0.979. The summed E-state index contributed by atoms with van der Waals surface area (Å²) < 4.78 is 11.0. The quantitative estimate of drug-likeness (QED) is 0.399. The van der Waals surface area contributed by atoms with Crippen molar-refractivity contribution in [3.63, 3.8) is 0 Å². The van der Waals surface area contributed by atoms with Gasteiger partial charge < -0.3 is 9.47 Å². The maximum absolute atomic E-state index is 11.8. The Labute approximate surface area is 144 Å². The Balaban J connectivity index is 1.73. The highest BCUT2D eigenvalue weighted by Gasteiger charge is 2.07. The first kappa shape index (κ1) is 18.1. The molecule has 0 unspecified atom stereocenters. The molecule has 0 aromatic heterocycles. The summed E-state index contributed by atoms with van der Waals surface area (Å²) in [5, 5.41) is 0. The average Bonchev–Trinajstić information content (AvgIpc) is 2.53. The van der Waals surface area contributed by atoms with Gasteiger partial charge in [0.15, 0.2) is 0 Å². The van der Waals surface area contributed by atoms with Gasteiger partial charge in [0.1, 0.15) is 11.5 Å². The van der Waals surface area contributed by atoms with Crippen LogP contribution in [0.1, 0.15) is 49.3 Å². The van der Waals surface area contributed by atoms with E-state index in [0.29, 0.717) is 31.1 Å². The Bertz CT molecular complexity index is 672. The summed E-state index contributed by atoms with van der Waals surface area (Å²) >= 11 is 0. The molecule has 2 rings (SSSR count). The number of carbonyl (C=O) groups excluding carboxylic acids is 1. The minimum atomic E-state index is -0.228. The molecule has 128 valence electrons. The number of esters is 1.